The molecule has 0 spiro atoms. The highest BCUT2D eigenvalue weighted by molar-refractivity contribution is 6.31. The summed E-state index contributed by atoms with van der Waals surface area (Å²) in [6.07, 6.45) is -4.52. The largest absolute Gasteiger partial charge is 0.417 e. The fraction of sp³-hybridized carbons (Fsp3) is 0.105. The number of hydrogen-bond acceptors (Lipinski definition) is 1. The number of benzene rings is 3. The Balaban J connectivity index is 1.81. The Bertz CT molecular complexity index is 932. The number of hydrogen-bond donors (Lipinski definition) is 1. The van der Waals surface area contributed by atoms with Gasteiger partial charge in [0.1, 0.15) is 0 Å². The average Bonchev–Trinajstić information content (AvgIpc) is 2.56. The van der Waals surface area contributed by atoms with Gasteiger partial charge in [-0.2, -0.15) is 13.2 Å². The summed E-state index contributed by atoms with van der Waals surface area (Å²) >= 11 is 5.58. The Labute approximate surface area is 147 Å². The van der Waals surface area contributed by atoms with Gasteiger partial charge in [-0.25, -0.2) is 0 Å². The predicted molar refractivity (Wildman–Crippen MR) is 92.7 cm³/mol. The zero-order chi connectivity index (χ0) is 18.0. The monoisotopic (exact) mass is 363 g/mol. The van der Waals surface area contributed by atoms with Gasteiger partial charge in [-0.05, 0) is 34.5 Å². The maximum absolute atomic E-state index is 12.9. The molecule has 0 aliphatic rings. The topological polar surface area (TPSA) is 29.1 Å². The molecule has 0 aliphatic carbocycles. The number of halogens is 4. The van der Waals surface area contributed by atoms with Crippen LogP contribution in [0.25, 0.3) is 10.8 Å². The summed E-state index contributed by atoms with van der Waals surface area (Å²) in [4.78, 5) is 12.2. The minimum Gasteiger partial charge on any atom is -0.326 e. The number of nitrogens with one attached hydrogen (secondary N) is 1. The highest BCUT2D eigenvalue weighted by Gasteiger charge is 2.33. The lowest BCUT2D eigenvalue weighted by atomic mass is 10.0. The number of carbonyl (C=O) groups excluding carboxylic acids is 1. The van der Waals surface area contributed by atoms with Crippen molar-refractivity contribution in [3.8, 4) is 0 Å². The van der Waals surface area contributed by atoms with E-state index >= 15 is 0 Å². The highest BCUT2D eigenvalue weighted by Crippen LogP contribution is 2.36. The molecular formula is C19H13ClF3NO. The van der Waals surface area contributed by atoms with Crippen molar-refractivity contribution in [2.75, 3.05) is 5.32 Å². The van der Waals surface area contributed by atoms with E-state index in [1.165, 1.54) is 6.07 Å². The predicted octanol–water partition coefficient (Wildman–Crippen LogP) is 5.69. The van der Waals surface area contributed by atoms with E-state index in [9.17, 15) is 18.0 Å². The average molecular weight is 364 g/mol. The molecule has 0 bridgehead atoms. The molecule has 0 radical (unpaired) electrons. The first-order chi connectivity index (χ1) is 11.8. The van der Waals surface area contributed by atoms with Crippen LogP contribution in [-0.2, 0) is 17.4 Å². The Morgan fingerprint density at radius 2 is 1.72 bits per heavy atom. The molecule has 0 aliphatic heterocycles. The molecule has 1 N–H and O–H groups in total. The third kappa shape index (κ3) is 3.94. The second-order valence-electron chi connectivity index (χ2n) is 5.56. The summed E-state index contributed by atoms with van der Waals surface area (Å²) in [6.45, 7) is 0. The van der Waals surface area contributed by atoms with E-state index in [4.69, 9.17) is 11.6 Å². The number of carbonyl (C=O) groups is 1. The Kier molecular flexibility index (Phi) is 4.68. The van der Waals surface area contributed by atoms with Crippen molar-refractivity contribution < 1.29 is 18.0 Å². The fourth-order valence-electron chi connectivity index (χ4n) is 2.65. The minimum absolute atomic E-state index is 0.0574. The molecule has 0 saturated carbocycles. The van der Waals surface area contributed by atoms with Crippen molar-refractivity contribution in [3.63, 3.8) is 0 Å². The first-order valence-electron chi connectivity index (χ1n) is 7.48. The number of amides is 1. The van der Waals surface area contributed by atoms with Gasteiger partial charge in [-0.3, -0.25) is 4.79 Å². The Hall–Kier alpha value is -2.53. The summed E-state index contributed by atoms with van der Waals surface area (Å²) in [5.41, 5.74) is -0.111. The van der Waals surface area contributed by atoms with Crippen LogP contribution in [0.2, 0.25) is 5.02 Å². The molecule has 0 aromatic heterocycles. The molecule has 0 heterocycles. The lowest BCUT2D eigenvalue weighted by molar-refractivity contribution is -0.137. The molecule has 1 amide bonds. The van der Waals surface area contributed by atoms with Gasteiger partial charge in [-0.15, -0.1) is 0 Å². The van der Waals surface area contributed by atoms with Crippen LogP contribution in [0.15, 0.2) is 60.7 Å². The van der Waals surface area contributed by atoms with E-state index in [0.717, 1.165) is 28.5 Å². The van der Waals surface area contributed by atoms with Gasteiger partial charge in [0.05, 0.1) is 17.0 Å². The second kappa shape index (κ2) is 6.76. The second-order valence-corrected chi connectivity index (χ2v) is 5.96. The summed E-state index contributed by atoms with van der Waals surface area (Å²) in [6, 6.07) is 16.5. The van der Waals surface area contributed by atoms with Crippen LogP contribution in [-0.4, -0.2) is 5.91 Å². The van der Waals surface area contributed by atoms with Gasteiger partial charge in [0.15, 0.2) is 0 Å². The first-order valence-corrected chi connectivity index (χ1v) is 7.85. The zero-order valence-electron chi connectivity index (χ0n) is 12.9. The summed E-state index contributed by atoms with van der Waals surface area (Å²) < 4.78 is 38.7. The van der Waals surface area contributed by atoms with Crippen LogP contribution in [0.4, 0.5) is 18.9 Å². The SMILES string of the molecule is O=C(Cc1cccc2ccccc12)Nc1ccc(Cl)c(C(F)(F)F)c1. The smallest absolute Gasteiger partial charge is 0.326 e. The fourth-order valence-corrected chi connectivity index (χ4v) is 2.87. The van der Waals surface area contributed by atoms with Crippen molar-refractivity contribution in [3.05, 3.63) is 76.8 Å². The molecule has 0 atom stereocenters. The van der Waals surface area contributed by atoms with E-state index in [-0.39, 0.29) is 12.1 Å². The normalized spacial score (nSPS) is 11.5. The van der Waals surface area contributed by atoms with Crippen LogP contribution < -0.4 is 5.32 Å². The lowest BCUT2D eigenvalue weighted by Gasteiger charge is -2.12. The molecule has 3 aromatic rings. The van der Waals surface area contributed by atoms with E-state index in [1.807, 2.05) is 42.5 Å². The lowest BCUT2D eigenvalue weighted by Crippen LogP contribution is -2.15. The summed E-state index contributed by atoms with van der Waals surface area (Å²) in [5, 5.41) is 4.03. The molecule has 0 fully saturated rings. The Morgan fingerprint density at radius 3 is 2.48 bits per heavy atom. The highest BCUT2D eigenvalue weighted by atomic mass is 35.5. The van der Waals surface area contributed by atoms with Crippen molar-refractivity contribution >= 4 is 34.0 Å². The zero-order valence-corrected chi connectivity index (χ0v) is 13.7. The standard InChI is InChI=1S/C19H13ClF3NO/c20-17-9-8-14(11-16(17)19(21,22)23)24-18(25)10-13-6-3-5-12-4-1-2-7-15(12)13/h1-9,11H,10H2,(H,24,25). The molecule has 0 unspecified atom stereocenters. The van der Waals surface area contributed by atoms with Crippen LogP contribution in [0, 0.1) is 0 Å². The Morgan fingerprint density at radius 1 is 1.00 bits per heavy atom. The molecule has 0 saturated heterocycles. The summed E-state index contributed by atoms with van der Waals surface area (Å²) in [7, 11) is 0. The quantitative estimate of drug-likeness (QED) is 0.636. The van der Waals surface area contributed by atoms with Crippen molar-refractivity contribution in [2.24, 2.45) is 0 Å². The van der Waals surface area contributed by atoms with E-state index in [2.05, 4.69) is 5.32 Å². The van der Waals surface area contributed by atoms with Crippen LogP contribution in [0.3, 0.4) is 0 Å². The van der Waals surface area contributed by atoms with Crippen LogP contribution >= 0.6 is 11.6 Å². The first kappa shape index (κ1) is 17.3. The molecule has 2 nitrogen and oxygen atoms in total. The summed E-state index contributed by atoms with van der Waals surface area (Å²) in [5.74, 6) is -0.396. The van der Waals surface area contributed by atoms with Crippen LogP contribution in [0.5, 0.6) is 0 Å². The minimum atomic E-state index is -4.58. The molecule has 3 aromatic carbocycles. The number of rotatable bonds is 3. The van der Waals surface area contributed by atoms with Gasteiger partial charge in [-0.1, -0.05) is 54.1 Å². The van der Waals surface area contributed by atoms with E-state index in [0.29, 0.717) is 0 Å². The van der Waals surface area contributed by atoms with Crippen molar-refractivity contribution in [1.29, 1.82) is 0 Å². The van der Waals surface area contributed by atoms with Gasteiger partial charge in [0.25, 0.3) is 0 Å². The van der Waals surface area contributed by atoms with E-state index < -0.39 is 22.7 Å². The maximum atomic E-state index is 12.9. The molecule has 128 valence electrons. The molecule has 6 heteroatoms. The third-order valence-electron chi connectivity index (χ3n) is 3.79. The van der Waals surface area contributed by atoms with Gasteiger partial charge in [0, 0.05) is 5.69 Å². The number of alkyl halides is 3. The molecule has 25 heavy (non-hydrogen) atoms. The van der Waals surface area contributed by atoms with Gasteiger partial charge in [0.2, 0.25) is 5.91 Å². The number of anilines is 1. The molecule has 3 rings (SSSR count). The van der Waals surface area contributed by atoms with Gasteiger partial charge < -0.3 is 5.32 Å². The van der Waals surface area contributed by atoms with E-state index in [1.54, 1.807) is 0 Å². The molecular weight excluding hydrogens is 351 g/mol. The van der Waals surface area contributed by atoms with Crippen molar-refractivity contribution in [2.45, 2.75) is 12.6 Å². The van der Waals surface area contributed by atoms with Crippen LogP contribution in [0.1, 0.15) is 11.1 Å². The maximum Gasteiger partial charge on any atom is 0.417 e. The van der Waals surface area contributed by atoms with Crippen molar-refractivity contribution in [1.82, 2.24) is 0 Å². The van der Waals surface area contributed by atoms with Gasteiger partial charge >= 0.3 is 6.18 Å². The number of fused-ring (bicyclic) bond motifs is 1. The third-order valence-corrected chi connectivity index (χ3v) is 4.12.